The quantitative estimate of drug-likeness (QED) is 0.575. The van der Waals surface area contributed by atoms with E-state index < -0.39 is 0 Å². The van der Waals surface area contributed by atoms with Gasteiger partial charge in [-0.15, -0.1) is 0 Å². The molecule has 0 atom stereocenters. The minimum absolute atomic E-state index is 1.10. The molecule has 2 saturated carbocycles. The van der Waals surface area contributed by atoms with E-state index >= 15 is 0 Å². The molecule has 0 saturated heterocycles. The normalized spacial score (nSPS) is 23.0. The number of hydrogen-bond acceptors (Lipinski definition) is 1. The van der Waals surface area contributed by atoms with Gasteiger partial charge in [0, 0.05) is 0 Å². The van der Waals surface area contributed by atoms with Crippen molar-refractivity contribution in [3.05, 3.63) is 0 Å². The van der Waals surface area contributed by atoms with Crippen molar-refractivity contribution in [3.63, 3.8) is 0 Å². The van der Waals surface area contributed by atoms with Crippen LogP contribution in [0.4, 0.5) is 0 Å². The second kappa shape index (κ2) is 4.27. The van der Waals surface area contributed by atoms with Crippen LogP contribution < -0.4 is 5.32 Å². The molecule has 0 unspecified atom stereocenters. The van der Waals surface area contributed by atoms with Crippen molar-refractivity contribution in [2.24, 2.45) is 11.8 Å². The van der Waals surface area contributed by atoms with E-state index in [9.17, 15) is 0 Å². The smallest absolute Gasteiger partial charge is 0.00463 e. The fourth-order valence-electron chi connectivity index (χ4n) is 1.76. The van der Waals surface area contributed by atoms with Crippen molar-refractivity contribution >= 4 is 0 Å². The summed E-state index contributed by atoms with van der Waals surface area (Å²) in [6, 6.07) is 0. The minimum atomic E-state index is 1.10. The van der Waals surface area contributed by atoms with Crippen LogP contribution in [0.1, 0.15) is 44.9 Å². The molecular formula is C11H21N. The summed E-state index contributed by atoms with van der Waals surface area (Å²) in [5.74, 6) is 2.22. The first-order valence-corrected chi connectivity index (χ1v) is 5.66. The summed E-state index contributed by atoms with van der Waals surface area (Å²) in [6.07, 6.45) is 10.4. The summed E-state index contributed by atoms with van der Waals surface area (Å²) in [6.45, 7) is 2.54. The summed E-state index contributed by atoms with van der Waals surface area (Å²) in [4.78, 5) is 0. The Bertz CT molecular complexity index is 109. The van der Waals surface area contributed by atoms with Crippen molar-refractivity contribution in [1.82, 2.24) is 5.32 Å². The Balaban J connectivity index is 1.31. The molecule has 2 rings (SSSR count). The fourth-order valence-corrected chi connectivity index (χ4v) is 1.76. The van der Waals surface area contributed by atoms with Gasteiger partial charge in [-0.3, -0.25) is 0 Å². The lowest BCUT2D eigenvalue weighted by atomic mass is 10.2. The molecule has 0 aromatic rings. The molecule has 2 aliphatic rings. The lowest BCUT2D eigenvalue weighted by molar-refractivity contribution is 0.566. The number of hydrogen-bond donors (Lipinski definition) is 1. The highest BCUT2D eigenvalue weighted by atomic mass is 14.8. The van der Waals surface area contributed by atoms with E-state index in [-0.39, 0.29) is 0 Å². The average Bonchev–Trinajstić information content (AvgIpc) is 2.89. The molecule has 2 fully saturated rings. The first-order valence-electron chi connectivity index (χ1n) is 5.66. The highest BCUT2D eigenvalue weighted by Crippen LogP contribution is 2.33. The van der Waals surface area contributed by atoms with Crippen LogP contribution in [0.15, 0.2) is 0 Å². The molecule has 0 aromatic carbocycles. The van der Waals surface area contributed by atoms with Gasteiger partial charge < -0.3 is 5.32 Å². The van der Waals surface area contributed by atoms with E-state index in [1.54, 1.807) is 0 Å². The van der Waals surface area contributed by atoms with Crippen molar-refractivity contribution in [2.45, 2.75) is 44.9 Å². The van der Waals surface area contributed by atoms with E-state index in [4.69, 9.17) is 0 Å². The fraction of sp³-hybridized carbons (Fsp3) is 1.00. The molecule has 0 aromatic heterocycles. The topological polar surface area (TPSA) is 12.0 Å². The largest absolute Gasteiger partial charge is 0.317 e. The third kappa shape index (κ3) is 3.57. The molecule has 70 valence electrons. The van der Waals surface area contributed by atoms with Crippen molar-refractivity contribution in [1.29, 1.82) is 0 Å². The van der Waals surface area contributed by atoms with Gasteiger partial charge >= 0.3 is 0 Å². The van der Waals surface area contributed by atoms with E-state index in [0.717, 1.165) is 11.8 Å². The van der Waals surface area contributed by atoms with Crippen LogP contribution in [-0.2, 0) is 0 Å². The van der Waals surface area contributed by atoms with Gasteiger partial charge in [0.2, 0.25) is 0 Å². The van der Waals surface area contributed by atoms with E-state index in [0.29, 0.717) is 0 Å². The predicted molar refractivity (Wildman–Crippen MR) is 52.2 cm³/mol. The molecule has 0 amide bonds. The van der Waals surface area contributed by atoms with Crippen molar-refractivity contribution < 1.29 is 0 Å². The molecule has 0 heterocycles. The molecule has 0 radical (unpaired) electrons. The monoisotopic (exact) mass is 167 g/mol. The molecule has 0 bridgehead atoms. The predicted octanol–water partition coefficient (Wildman–Crippen LogP) is 2.57. The van der Waals surface area contributed by atoms with Crippen LogP contribution in [0.25, 0.3) is 0 Å². The summed E-state index contributed by atoms with van der Waals surface area (Å²) in [7, 11) is 0. The second-order valence-corrected chi connectivity index (χ2v) is 4.57. The van der Waals surface area contributed by atoms with Crippen LogP contribution in [0.5, 0.6) is 0 Å². The number of nitrogens with one attached hydrogen (secondary N) is 1. The van der Waals surface area contributed by atoms with Crippen molar-refractivity contribution in [3.8, 4) is 0 Å². The maximum Gasteiger partial charge on any atom is -0.00463 e. The Morgan fingerprint density at radius 1 is 0.833 bits per heavy atom. The summed E-state index contributed by atoms with van der Waals surface area (Å²) >= 11 is 0. The molecule has 0 aliphatic heterocycles. The van der Waals surface area contributed by atoms with Gasteiger partial charge in [0.1, 0.15) is 0 Å². The van der Waals surface area contributed by atoms with Gasteiger partial charge in [-0.1, -0.05) is 25.7 Å². The van der Waals surface area contributed by atoms with Gasteiger partial charge in [-0.05, 0) is 44.2 Å². The van der Waals surface area contributed by atoms with Crippen LogP contribution in [0, 0.1) is 11.8 Å². The van der Waals surface area contributed by atoms with E-state index in [2.05, 4.69) is 5.32 Å². The standard InChI is InChI=1S/C11H21N/c1(2-10-3-4-10)8-12-9-7-11-5-6-11/h10-12H,1-9H2. The first kappa shape index (κ1) is 8.55. The lowest BCUT2D eigenvalue weighted by Gasteiger charge is -2.02. The van der Waals surface area contributed by atoms with Crippen molar-refractivity contribution in [2.75, 3.05) is 13.1 Å². The molecule has 1 nitrogen and oxygen atoms in total. The molecule has 1 N–H and O–H groups in total. The highest BCUT2D eigenvalue weighted by Gasteiger charge is 2.21. The van der Waals surface area contributed by atoms with Gasteiger partial charge in [-0.2, -0.15) is 0 Å². The Morgan fingerprint density at radius 2 is 1.50 bits per heavy atom. The summed E-state index contributed by atoms with van der Waals surface area (Å²) in [5, 5.41) is 3.54. The average molecular weight is 167 g/mol. The maximum atomic E-state index is 3.54. The van der Waals surface area contributed by atoms with E-state index in [1.807, 2.05) is 0 Å². The van der Waals surface area contributed by atoms with Crippen LogP contribution >= 0.6 is 0 Å². The third-order valence-electron chi connectivity index (χ3n) is 3.09. The third-order valence-corrected chi connectivity index (χ3v) is 3.09. The van der Waals surface area contributed by atoms with Crippen LogP contribution in [-0.4, -0.2) is 13.1 Å². The summed E-state index contributed by atoms with van der Waals surface area (Å²) < 4.78 is 0. The van der Waals surface area contributed by atoms with Gasteiger partial charge in [0.25, 0.3) is 0 Å². The highest BCUT2D eigenvalue weighted by molar-refractivity contribution is 4.74. The lowest BCUT2D eigenvalue weighted by Crippen LogP contribution is -2.17. The first-order chi connectivity index (χ1) is 5.95. The second-order valence-electron chi connectivity index (χ2n) is 4.57. The Kier molecular flexibility index (Phi) is 3.04. The minimum Gasteiger partial charge on any atom is -0.317 e. The van der Waals surface area contributed by atoms with Gasteiger partial charge in [0.15, 0.2) is 0 Å². The Morgan fingerprint density at radius 3 is 2.17 bits per heavy atom. The Labute approximate surface area is 75.9 Å². The van der Waals surface area contributed by atoms with Gasteiger partial charge in [-0.25, -0.2) is 0 Å². The molecule has 12 heavy (non-hydrogen) atoms. The van der Waals surface area contributed by atoms with Crippen LogP contribution in [0.3, 0.4) is 0 Å². The van der Waals surface area contributed by atoms with E-state index in [1.165, 1.54) is 58.0 Å². The molecule has 1 heteroatoms. The zero-order valence-corrected chi connectivity index (χ0v) is 8.02. The maximum absolute atomic E-state index is 3.54. The summed E-state index contributed by atoms with van der Waals surface area (Å²) in [5.41, 5.74) is 0. The molecule has 0 spiro atoms. The molecule has 2 aliphatic carbocycles. The zero-order valence-electron chi connectivity index (χ0n) is 8.02. The number of rotatable bonds is 7. The van der Waals surface area contributed by atoms with Crippen LogP contribution in [0.2, 0.25) is 0 Å². The Hall–Kier alpha value is -0.0400. The molecular weight excluding hydrogens is 146 g/mol. The zero-order chi connectivity index (χ0) is 8.23. The SMILES string of the molecule is C(CNCCC1CC1)CC1CC1. The van der Waals surface area contributed by atoms with Gasteiger partial charge in [0.05, 0.1) is 0 Å².